The average Bonchev–Trinajstić information content (AvgIpc) is 2.14. The van der Waals surface area contributed by atoms with Gasteiger partial charge in [0.1, 0.15) is 6.29 Å². The lowest BCUT2D eigenvalue weighted by atomic mass is 10.3. The summed E-state index contributed by atoms with van der Waals surface area (Å²) in [5, 5.41) is 0. The van der Waals surface area contributed by atoms with Crippen LogP contribution in [0, 0.1) is 0 Å². The van der Waals surface area contributed by atoms with Crippen LogP contribution in [-0.2, 0) is 4.79 Å². The molecule has 0 heterocycles. The monoisotopic (exact) mass is 164 g/mol. The van der Waals surface area contributed by atoms with Crippen molar-refractivity contribution < 1.29 is 4.79 Å². The van der Waals surface area contributed by atoms with E-state index in [1.54, 1.807) is 0 Å². The van der Waals surface area contributed by atoms with Crippen LogP contribution in [0.1, 0.15) is 6.42 Å². The summed E-state index contributed by atoms with van der Waals surface area (Å²) in [5.41, 5.74) is 6.90. The van der Waals surface area contributed by atoms with Gasteiger partial charge in [0.15, 0.2) is 0 Å². The van der Waals surface area contributed by atoms with E-state index in [0.717, 1.165) is 12.0 Å². The summed E-state index contributed by atoms with van der Waals surface area (Å²) in [6.45, 7) is 0.651. The first-order valence-electron chi connectivity index (χ1n) is 3.91. The molecular formula is C9H12N2O. The first-order valence-corrected chi connectivity index (χ1v) is 3.91. The standard InChI is InChI=1S/C9H12N2O/c12-8-4-7-10-11-9-5-2-1-3-6-9/h1-3,5-6,8,10-11H,4,7H2. The summed E-state index contributed by atoms with van der Waals surface area (Å²) >= 11 is 0. The van der Waals surface area contributed by atoms with Gasteiger partial charge in [-0.1, -0.05) is 18.2 Å². The summed E-state index contributed by atoms with van der Waals surface area (Å²) in [6.07, 6.45) is 1.42. The fourth-order valence-electron chi connectivity index (χ4n) is 0.817. The molecule has 2 N–H and O–H groups in total. The number of hydrogen-bond acceptors (Lipinski definition) is 3. The maximum absolute atomic E-state index is 9.95. The summed E-state index contributed by atoms with van der Waals surface area (Å²) in [5.74, 6) is 0. The Morgan fingerprint density at radius 3 is 2.67 bits per heavy atom. The molecule has 0 aromatic heterocycles. The fraction of sp³-hybridized carbons (Fsp3) is 0.222. The quantitative estimate of drug-likeness (QED) is 0.390. The molecule has 0 saturated heterocycles. The van der Waals surface area contributed by atoms with E-state index in [-0.39, 0.29) is 0 Å². The molecule has 0 aliphatic rings. The maximum atomic E-state index is 9.95. The lowest BCUT2D eigenvalue weighted by molar-refractivity contribution is -0.107. The molecule has 0 radical (unpaired) electrons. The number of carbonyl (C=O) groups excluding carboxylic acids is 1. The number of aldehydes is 1. The zero-order valence-corrected chi connectivity index (χ0v) is 6.79. The molecule has 0 atom stereocenters. The second kappa shape index (κ2) is 5.32. The molecule has 1 aromatic carbocycles. The van der Waals surface area contributed by atoms with Crippen LogP contribution in [-0.4, -0.2) is 12.8 Å². The number of benzene rings is 1. The van der Waals surface area contributed by atoms with Crippen molar-refractivity contribution in [1.29, 1.82) is 0 Å². The first kappa shape index (κ1) is 8.74. The van der Waals surface area contributed by atoms with Gasteiger partial charge in [0.05, 0.1) is 0 Å². The second-order valence-corrected chi connectivity index (χ2v) is 2.37. The molecule has 0 spiro atoms. The first-order chi connectivity index (χ1) is 5.93. The minimum absolute atomic E-state index is 0.528. The van der Waals surface area contributed by atoms with Crippen molar-refractivity contribution in [2.45, 2.75) is 6.42 Å². The molecule has 0 aliphatic carbocycles. The van der Waals surface area contributed by atoms with Gasteiger partial charge < -0.3 is 10.2 Å². The van der Waals surface area contributed by atoms with Crippen molar-refractivity contribution in [3.8, 4) is 0 Å². The molecule has 1 rings (SSSR count). The van der Waals surface area contributed by atoms with Crippen LogP contribution in [0.5, 0.6) is 0 Å². The SMILES string of the molecule is O=CCCNNc1ccccc1. The molecule has 0 bridgehead atoms. The Bertz CT molecular complexity index is 223. The van der Waals surface area contributed by atoms with Gasteiger partial charge in [-0.25, -0.2) is 5.43 Å². The van der Waals surface area contributed by atoms with Crippen LogP contribution in [0.3, 0.4) is 0 Å². The van der Waals surface area contributed by atoms with E-state index in [1.807, 2.05) is 30.3 Å². The summed E-state index contributed by atoms with van der Waals surface area (Å²) in [7, 11) is 0. The topological polar surface area (TPSA) is 41.1 Å². The van der Waals surface area contributed by atoms with Crippen LogP contribution in [0.25, 0.3) is 0 Å². The predicted molar refractivity (Wildman–Crippen MR) is 48.7 cm³/mol. The second-order valence-electron chi connectivity index (χ2n) is 2.37. The Morgan fingerprint density at radius 2 is 2.00 bits per heavy atom. The molecule has 0 saturated carbocycles. The zero-order valence-electron chi connectivity index (χ0n) is 6.79. The highest BCUT2D eigenvalue weighted by Crippen LogP contribution is 2.01. The van der Waals surface area contributed by atoms with Crippen molar-refractivity contribution in [2.24, 2.45) is 0 Å². The highest BCUT2D eigenvalue weighted by Gasteiger charge is 1.86. The molecule has 3 nitrogen and oxygen atoms in total. The molecule has 0 fully saturated rings. The Morgan fingerprint density at radius 1 is 1.25 bits per heavy atom. The normalized spacial score (nSPS) is 9.33. The smallest absolute Gasteiger partial charge is 0.121 e. The highest BCUT2D eigenvalue weighted by molar-refractivity contribution is 5.49. The third kappa shape index (κ3) is 3.16. The molecule has 0 unspecified atom stereocenters. The van der Waals surface area contributed by atoms with E-state index in [0.29, 0.717) is 13.0 Å². The van der Waals surface area contributed by atoms with E-state index in [1.165, 1.54) is 0 Å². The van der Waals surface area contributed by atoms with E-state index >= 15 is 0 Å². The van der Waals surface area contributed by atoms with Crippen LogP contribution < -0.4 is 10.9 Å². The van der Waals surface area contributed by atoms with E-state index < -0.39 is 0 Å². The summed E-state index contributed by atoms with van der Waals surface area (Å²) in [6, 6.07) is 9.76. The van der Waals surface area contributed by atoms with Gasteiger partial charge in [-0.05, 0) is 12.1 Å². The van der Waals surface area contributed by atoms with Crippen LogP contribution >= 0.6 is 0 Å². The minimum Gasteiger partial charge on any atom is -0.321 e. The Labute approximate surface area is 71.8 Å². The van der Waals surface area contributed by atoms with Gasteiger partial charge in [-0.15, -0.1) is 0 Å². The number of anilines is 1. The minimum atomic E-state index is 0.528. The highest BCUT2D eigenvalue weighted by atomic mass is 16.1. The van der Waals surface area contributed by atoms with E-state index in [2.05, 4.69) is 10.9 Å². The molecule has 3 heteroatoms. The number of hydrazine groups is 1. The van der Waals surface area contributed by atoms with Crippen LogP contribution in [0.2, 0.25) is 0 Å². The Balaban J connectivity index is 2.20. The Kier molecular flexibility index (Phi) is 3.88. The maximum Gasteiger partial charge on any atom is 0.121 e. The molecule has 0 amide bonds. The molecule has 0 aliphatic heterocycles. The van der Waals surface area contributed by atoms with Crippen molar-refractivity contribution in [3.05, 3.63) is 30.3 Å². The van der Waals surface area contributed by atoms with Gasteiger partial charge in [0.25, 0.3) is 0 Å². The van der Waals surface area contributed by atoms with Gasteiger partial charge in [-0.2, -0.15) is 0 Å². The summed E-state index contributed by atoms with van der Waals surface area (Å²) in [4.78, 5) is 9.95. The number of rotatable bonds is 5. The van der Waals surface area contributed by atoms with Crippen molar-refractivity contribution in [2.75, 3.05) is 12.0 Å². The van der Waals surface area contributed by atoms with Crippen molar-refractivity contribution in [1.82, 2.24) is 5.43 Å². The predicted octanol–water partition coefficient (Wildman–Crippen LogP) is 1.19. The molecular weight excluding hydrogens is 152 g/mol. The van der Waals surface area contributed by atoms with Gasteiger partial charge >= 0.3 is 0 Å². The van der Waals surface area contributed by atoms with Crippen molar-refractivity contribution in [3.63, 3.8) is 0 Å². The number of carbonyl (C=O) groups is 1. The van der Waals surface area contributed by atoms with Gasteiger partial charge in [0.2, 0.25) is 0 Å². The zero-order chi connectivity index (χ0) is 8.65. The largest absolute Gasteiger partial charge is 0.321 e. The lowest BCUT2D eigenvalue weighted by Gasteiger charge is -2.05. The lowest BCUT2D eigenvalue weighted by Crippen LogP contribution is -2.22. The van der Waals surface area contributed by atoms with Crippen LogP contribution in [0.4, 0.5) is 5.69 Å². The molecule has 64 valence electrons. The summed E-state index contributed by atoms with van der Waals surface area (Å²) < 4.78 is 0. The fourth-order valence-corrected chi connectivity index (χ4v) is 0.817. The van der Waals surface area contributed by atoms with Gasteiger partial charge in [0, 0.05) is 18.7 Å². The molecule has 1 aromatic rings. The molecule has 12 heavy (non-hydrogen) atoms. The third-order valence-corrected chi connectivity index (χ3v) is 1.39. The number of nitrogens with one attached hydrogen (secondary N) is 2. The van der Waals surface area contributed by atoms with Crippen LogP contribution in [0.15, 0.2) is 30.3 Å². The van der Waals surface area contributed by atoms with Crippen molar-refractivity contribution >= 4 is 12.0 Å². The van der Waals surface area contributed by atoms with E-state index in [9.17, 15) is 4.79 Å². The van der Waals surface area contributed by atoms with Gasteiger partial charge in [-0.3, -0.25) is 0 Å². The average molecular weight is 164 g/mol. The third-order valence-electron chi connectivity index (χ3n) is 1.39. The number of para-hydroxylation sites is 1. The number of hydrogen-bond donors (Lipinski definition) is 2. The Hall–Kier alpha value is -1.35. The van der Waals surface area contributed by atoms with E-state index in [4.69, 9.17) is 0 Å².